The van der Waals surface area contributed by atoms with Gasteiger partial charge >= 0.3 is 0 Å². The van der Waals surface area contributed by atoms with E-state index in [0.29, 0.717) is 11.9 Å². The molecule has 1 aliphatic rings. The summed E-state index contributed by atoms with van der Waals surface area (Å²) < 4.78 is 0. The predicted molar refractivity (Wildman–Crippen MR) is 71.4 cm³/mol. The van der Waals surface area contributed by atoms with Crippen molar-refractivity contribution < 1.29 is 0 Å². The molecule has 0 spiro atoms. The highest BCUT2D eigenvalue weighted by Gasteiger charge is 2.22. The smallest absolute Gasteiger partial charge is 0.169 e. The Kier molecular flexibility index (Phi) is 2.55. The number of imidazole rings is 1. The number of thiophene rings is 1. The number of nitrogens with zero attached hydrogens (tertiary/aromatic N) is 1. The summed E-state index contributed by atoms with van der Waals surface area (Å²) in [5.74, 6) is 2.27. The number of aromatic nitrogens is 2. The Balaban J connectivity index is 1.86. The van der Waals surface area contributed by atoms with Crippen molar-refractivity contribution in [2.75, 3.05) is 11.1 Å². The molecule has 1 unspecified atom stereocenters. The Morgan fingerprint density at radius 1 is 1.59 bits per heavy atom. The summed E-state index contributed by atoms with van der Waals surface area (Å²) in [6.45, 7) is 1.92. The number of anilines is 2. The summed E-state index contributed by atoms with van der Waals surface area (Å²) in [6, 6.07) is 2.57. The highest BCUT2D eigenvalue weighted by molar-refractivity contribution is 7.10. The zero-order valence-electron chi connectivity index (χ0n) is 9.79. The van der Waals surface area contributed by atoms with Gasteiger partial charge in [-0.05, 0) is 43.2 Å². The van der Waals surface area contributed by atoms with E-state index >= 15 is 0 Å². The number of rotatable bonds is 2. The largest absolute Gasteiger partial charge is 0.382 e. The maximum Gasteiger partial charge on any atom is 0.169 e. The lowest BCUT2D eigenvalue weighted by Gasteiger charge is -2.23. The zero-order valence-corrected chi connectivity index (χ0v) is 10.6. The van der Waals surface area contributed by atoms with Crippen molar-refractivity contribution in [1.82, 2.24) is 9.97 Å². The van der Waals surface area contributed by atoms with Crippen LogP contribution < -0.4 is 11.1 Å². The molecule has 0 radical (unpaired) electrons. The molecule has 0 aromatic carbocycles. The number of fused-ring (bicyclic) bond motifs is 1. The third kappa shape index (κ3) is 1.91. The molecule has 0 saturated carbocycles. The molecular weight excluding hydrogens is 232 g/mol. The number of aromatic amines is 1. The molecule has 5 heteroatoms. The van der Waals surface area contributed by atoms with Crippen LogP contribution in [0.3, 0.4) is 0 Å². The van der Waals surface area contributed by atoms with E-state index in [2.05, 4.69) is 26.7 Å². The summed E-state index contributed by atoms with van der Waals surface area (Å²) >= 11 is 1.85. The van der Waals surface area contributed by atoms with E-state index < -0.39 is 0 Å². The van der Waals surface area contributed by atoms with Crippen LogP contribution in [0.15, 0.2) is 11.4 Å². The van der Waals surface area contributed by atoms with E-state index in [1.165, 1.54) is 23.3 Å². The molecule has 1 atom stereocenters. The lowest BCUT2D eigenvalue weighted by atomic mass is 9.94. The van der Waals surface area contributed by atoms with Crippen molar-refractivity contribution in [1.29, 1.82) is 0 Å². The first kappa shape index (κ1) is 10.7. The van der Waals surface area contributed by atoms with Gasteiger partial charge in [0.1, 0.15) is 11.6 Å². The Bertz CT molecular complexity index is 528. The normalized spacial score (nSPS) is 19.0. The maximum absolute atomic E-state index is 5.88. The second-order valence-electron chi connectivity index (χ2n) is 4.47. The minimum Gasteiger partial charge on any atom is -0.382 e. The van der Waals surface area contributed by atoms with Gasteiger partial charge < -0.3 is 16.0 Å². The Labute approximate surface area is 104 Å². The van der Waals surface area contributed by atoms with Crippen LogP contribution in [0, 0.1) is 6.92 Å². The van der Waals surface area contributed by atoms with Gasteiger partial charge in [0.05, 0.1) is 6.04 Å². The second kappa shape index (κ2) is 4.07. The third-order valence-corrected chi connectivity index (χ3v) is 4.21. The lowest BCUT2D eigenvalue weighted by Crippen LogP contribution is -2.16. The molecule has 3 rings (SSSR count). The van der Waals surface area contributed by atoms with Gasteiger partial charge in [0.2, 0.25) is 0 Å². The molecule has 0 amide bonds. The molecule has 2 aromatic rings. The highest BCUT2D eigenvalue weighted by Crippen LogP contribution is 2.35. The molecule has 2 aromatic heterocycles. The van der Waals surface area contributed by atoms with Gasteiger partial charge in [-0.1, -0.05) is 0 Å². The standard InChI is InChI=1S/C12H16N4S/c1-7-14-11(13)12(15-7)16-9-3-2-4-10-8(9)5-6-17-10/h5-6,9,16H,2-4,13H2,1H3,(H,14,15). The molecule has 4 nitrogen and oxygen atoms in total. The highest BCUT2D eigenvalue weighted by atomic mass is 32.1. The average molecular weight is 248 g/mol. The Hall–Kier alpha value is -1.49. The average Bonchev–Trinajstić information content (AvgIpc) is 2.87. The summed E-state index contributed by atoms with van der Waals surface area (Å²) in [6.07, 6.45) is 3.59. The summed E-state index contributed by atoms with van der Waals surface area (Å²) in [5.41, 5.74) is 7.29. The van der Waals surface area contributed by atoms with E-state index in [9.17, 15) is 0 Å². The minimum atomic E-state index is 0.356. The van der Waals surface area contributed by atoms with Crippen LogP contribution in [0.5, 0.6) is 0 Å². The molecule has 1 aliphatic carbocycles. The Morgan fingerprint density at radius 3 is 3.24 bits per heavy atom. The molecule has 0 aliphatic heterocycles. The van der Waals surface area contributed by atoms with Gasteiger partial charge in [0.15, 0.2) is 5.82 Å². The van der Waals surface area contributed by atoms with Gasteiger partial charge in [0, 0.05) is 4.88 Å². The zero-order chi connectivity index (χ0) is 11.8. The summed E-state index contributed by atoms with van der Waals surface area (Å²) in [7, 11) is 0. The van der Waals surface area contributed by atoms with Crippen LogP contribution in [0.25, 0.3) is 0 Å². The van der Waals surface area contributed by atoms with E-state index in [-0.39, 0.29) is 0 Å². The van der Waals surface area contributed by atoms with Crippen molar-refractivity contribution in [2.45, 2.75) is 32.2 Å². The van der Waals surface area contributed by atoms with Crippen molar-refractivity contribution in [3.8, 4) is 0 Å². The molecule has 0 fully saturated rings. The number of nitrogens with two attached hydrogens (primary N) is 1. The quantitative estimate of drug-likeness (QED) is 0.765. The first-order valence-electron chi connectivity index (χ1n) is 5.89. The minimum absolute atomic E-state index is 0.356. The molecule has 17 heavy (non-hydrogen) atoms. The molecular formula is C12H16N4S. The number of hydrogen-bond donors (Lipinski definition) is 3. The Morgan fingerprint density at radius 2 is 2.47 bits per heavy atom. The van der Waals surface area contributed by atoms with Crippen LogP contribution >= 0.6 is 11.3 Å². The van der Waals surface area contributed by atoms with Crippen molar-refractivity contribution in [2.24, 2.45) is 0 Å². The first-order valence-corrected chi connectivity index (χ1v) is 6.77. The summed E-state index contributed by atoms with van der Waals surface area (Å²) in [5, 5.41) is 5.62. The van der Waals surface area contributed by atoms with E-state index in [1.807, 2.05) is 18.3 Å². The summed E-state index contributed by atoms with van der Waals surface area (Å²) in [4.78, 5) is 8.89. The SMILES string of the molecule is Cc1nc(NC2CCCc3sccc32)c(N)[nH]1. The fourth-order valence-corrected chi connectivity index (χ4v) is 3.41. The third-order valence-electron chi connectivity index (χ3n) is 3.21. The van der Waals surface area contributed by atoms with Crippen LogP contribution in [0.1, 0.15) is 35.1 Å². The van der Waals surface area contributed by atoms with Gasteiger partial charge in [-0.3, -0.25) is 0 Å². The molecule has 0 saturated heterocycles. The van der Waals surface area contributed by atoms with Gasteiger partial charge in [-0.2, -0.15) is 0 Å². The van der Waals surface area contributed by atoms with E-state index in [1.54, 1.807) is 0 Å². The van der Waals surface area contributed by atoms with Gasteiger partial charge in [-0.25, -0.2) is 4.98 Å². The predicted octanol–water partition coefficient (Wildman–Crippen LogP) is 2.85. The van der Waals surface area contributed by atoms with Crippen LogP contribution in [-0.4, -0.2) is 9.97 Å². The number of H-pyrrole nitrogens is 1. The number of hydrogen-bond acceptors (Lipinski definition) is 4. The first-order chi connectivity index (χ1) is 8.24. The van der Waals surface area contributed by atoms with E-state index in [0.717, 1.165) is 18.1 Å². The number of nitrogens with one attached hydrogen (secondary N) is 2. The number of nitrogen functional groups attached to an aromatic ring is 1. The fraction of sp³-hybridized carbons (Fsp3) is 0.417. The molecule has 0 bridgehead atoms. The van der Waals surface area contributed by atoms with Gasteiger partial charge in [-0.15, -0.1) is 11.3 Å². The second-order valence-corrected chi connectivity index (χ2v) is 5.47. The molecule has 2 heterocycles. The van der Waals surface area contributed by atoms with Crippen molar-refractivity contribution in [3.05, 3.63) is 27.7 Å². The van der Waals surface area contributed by atoms with Crippen LogP contribution in [0.4, 0.5) is 11.6 Å². The molecule has 4 N–H and O–H groups in total. The topological polar surface area (TPSA) is 66.7 Å². The fourth-order valence-electron chi connectivity index (χ4n) is 2.42. The number of aryl methyl sites for hydroxylation is 2. The van der Waals surface area contributed by atoms with Crippen molar-refractivity contribution >= 4 is 23.0 Å². The lowest BCUT2D eigenvalue weighted by molar-refractivity contribution is 0.607. The van der Waals surface area contributed by atoms with E-state index in [4.69, 9.17) is 5.73 Å². The van der Waals surface area contributed by atoms with Crippen LogP contribution in [-0.2, 0) is 6.42 Å². The van der Waals surface area contributed by atoms with Gasteiger partial charge in [0.25, 0.3) is 0 Å². The van der Waals surface area contributed by atoms with Crippen molar-refractivity contribution in [3.63, 3.8) is 0 Å². The maximum atomic E-state index is 5.88. The monoisotopic (exact) mass is 248 g/mol. The van der Waals surface area contributed by atoms with Crippen LogP contribution in [0.2, 0.25) is 0 Å². The molecule has 90 valence electrons.